The Hall–Kier alpha value is -3.57. The van der Waals surface area contributed by atoms with Gasteiger partial charge in [-0.15, -0.1) is 0 Å². The predicted octanol–water partition coefficient (Wildman–Crippen LogP) is 4.14. The maximum absolute atomic E-state index is 12.4. The number of nitriles is 2. The van der Waals surface area contributed by atoms with Crippen molar-refractivity contribution >= 4 is 17.3 Å². The Morgan fingerprint density at radius 3 is 2.27 bits per heavy atom. The summed E-state index contributed by atoms with van der Waals surface area (Å²) in [5.41, 5.74) is 3.82. The zero-order chi connectivity index (χ0) is 18.9. The van der Waals surface area contributed by atoms with Crippen molar-refractivity contribution in [1.29, 1.82) is 10.5 Å². The Morgan fingerprint density at radius 1 is 1.04 bits per heavy atom. The molecule has 0 fully saturated rings. The van der Waals surface area contributed by atoms with Gasteiger partial charge in [0.1, 0.15) is 17.7 Å². The molecule has 5 heteroatoms. The van der Waals surface area contributed by atoms with E-state index in [1.807, 2.05) is 30.3 Å². The van der Waals surface area contributed by atoms with Crippen molar-refractivity contribution in [3.63, 3.8) is 0 Å². The van der Waals surface area contributed by atoms with Crippen LogP contribution in [0.4, 0.5) is 11.4 Å². The van der Waals surface area contributed by atoms with E-state index in [4.69, 9.17) is 5.26 Å². The highest BCUT2D eigenvalue weighted by Crippen LogP contribution is 2.23. The maximum Gasteiger partial charge on any atom is 0.267 e. The largest absolute Gasteiger partial charge is 0.360 e. The first kappa shape index (κ1) is 18.8. The molecule has 0 atom stereocenters. The van der Waals surface area contributed by atoms with Gasteiger partial charge in [0, 0.05) is 11.9 Å². The number of carbonyl (C=O) groups is 1. The Morgan fingerprint density at radius 2 is 1.69 bits per heavy atom. The summed E-state index contributed by atoms with van der Waals surface area (Å²) < 4.78 is 0. The molecule has 2 N–H and O–H groups in total. The number of para-hydroxylation sites is 2. The van der Waals surface area contributed by atoms with Gasteiger partial charge in [-0.25, -0.2) is 0 Å². The summed E-state index contributed by atoms with van der Waals surface area (Å²) in [5, 5.41) is 24.2. The number of hydrogen-bond acceptors (Lipinski definition) is 4. The minimum atomic E-state index is -0.560. The van der Waals surface area contributed by atoms with E-state index in [9.17, 15) is 10.1 Å². The van der Waals surface area contributed by atoms with Crippen molar-refractivity contribution in [3.05, 3.63) is 70.9 Å². The van der Waals surface area contributed by atoms with E-state index in [1.54, 1.807) is 24.3 Å². The molecule has 0 aliphatic carbocycles. The van der Waals surface area contributed by atoms with Crippen LogP contribution in [-0.4, -0.2) is 5.91 Å². The summed E-state index contributed by atoms with van der Waals surface area (Å²) in [6, 6.07) is 16.6. The molecule has 5 nitrogen and oxygen atoms in total. The number of rotatable bonds is 6. The molecule has 2 rings (SSSR count). The highest BCUT2D eigenvalue weighted by molar-refractivity contribution is 6.07. The molecule has 26 heavy (non-hydrogen) atoms. The van der Waals surface area contributed by atoms with Gasteiger partial charge in [0.15, 0.2) is 0 Å². The Labute approximate surface area is 153 Å². The van der Waals surface area contributed by atoms with Gasteiger partial charge < -0.3 is 10.6 Å². The molecule has 0 saturated carbocycles. The van der Waals surface area contributed by atoms with Gasteiger partial charge >= 0.3 is 0 Å². The minimum Gasteiger partial charge on any atom is -0.360 e. The third kappa shape index (κ3) is 4.28. The summed E-state index contributed by atoms with van der Waals surface area (Å²) in [6.07, 6.45) is 3.10. The van der Waals surface area contributed by atoms with Crippen LogP contribution < -0.4 is 10.6 Å². The third-order valence-corrected chi connectivity index (χ3v) is 4.02. The van der Waals surface area contributed by atoms with E-state index in [2.05, 4.69) is 24.5 Å². The van der Waals surface area contributed by atoms with Gasteiger partial charge in [-0.1, -0.05) is 44.2 Å². The van der Waals surface area contributed by atoms with Crippen molar-refractivity contribution in [2.45, 2.75) is 26.7 Å². The van der Waals surface area contributed by atoms with E-state index in [0.717, 1.165) is 29.7 Å². The van der Waals surface area contributed by atoms with Gasteiger partial charge in [-0.2, -0.15) is 10.5 Å². The summed E-state index contributed by atoms with van der Waals surface area (Å²) in [7, 11) is 0. The number of hydrogen-bond donors (Lipinski definition) is 2. The molecule has 2 aromatic carbocycles. The summed E-state index contributed by atoms with van der Waals surface area (Å²) in [5.74, 6) is -0.560. The maximum atomic E-state index is 12.4. The zero-order valence-electron chi connectivity index (χ0n) is 14.8. The van der Waals surface area contributed by atoms with Crippen LogP contribution >= 0.6 is 0 Å². The Kier molecular flexibility index (Phi) is 6.53. The molecule has 1 amide bonds. The normalized spacial score (nSPS) is 10.5. The molecule has 0 aliphatic rings. The van der Waals surface area contributed by atoms with Crippen LogP contribution in [0.15, 0.2) is 54.2 Å². The first-order valence-corrected chi connectivity index (χ1v) is 8.42. The second-order valence-electron chi connectivity index (χ2n) is 5.58. The molecule has 0 spiro atoms. The van der Waals surface area contributed by atoms with E-state index in [1.165, 1.54) is 6.20 Å². The Bertz CT molecular complexity index is 894. The molecule has 2 aromatic rings. The summed E-state index contributed by atoms with van der Waals surface area (Å²) in [6.45, 7) is 4.11. The average Bonchev–Trinajstić information content (AvgIpc) is 2.68. The molecule has 0 saturated heterocycles. The molecule has 0 radical (unpaired) electrons. The lowest BCUT2D eigenvalue weighted by atomic mass is 10.0. The van der Waals surface area contributed by atoms with Crippen molar-refractivity contribution in [2.75, 3.05) is 10.6 Å². The first-order chi connectivity index (χ1) is 12.6. The molecular weight excluding hydrogens is 324 g/mol. The van der Waals surface area contributed by atoms with Crippen molar-refractivity contribution < 1.29 is 4.79 Å². The van der Waals surface area contributed by atoms with Gasteiger partial charge in [0.25, 0.3) is 5.91 Å². The average molecular weight is 344 g/mol. The molecule has 0 unspecified atom stereocenters. The Balaban J connectivity index is 2.25. The van der Waals surface area contributed by atoms with Gasteiger partial charge in [0.05, 0.1) is 11.3 Å². The fourth-order valence-corrected chi connectivity index (χ4v) is 2.60. The van der Waals surface area contributed by atoms with Crippen molar-refractivity contribution in [2.24, 2.45) is 0 Å². The van der Waals surface area contributed by atoms with Crippen LogP contribution in [0.5, 0.6) is 0 Å². The van der Waals surface area contributed by atoms with Gasteiger partial charge in [-0.3, -0.25) is 4.79 Å². The van der Waals surface area contributed by atoms with Crippen LogP contribution in [-0.2, 0) is 17.6 Å². The van der Waals surface area contributed by atoms with Crippen LogP contribution in [0, 0.1) is 22.7 Å². The molecule has 0 bridgehead atoms. The highest BCUT2D eigenvalue weighted by atomic mass is 16.1. The number of nitrogens with zero attached hydrogens (tertiary/aromatic N) is 2. The molecule has 0 aromatic heterocycles. The quantitative estimate of drug-likeness (QED) is 0.609. The van der Waals surface area contributed by atoms with E-state index in [0.29, 0.717) is 11.3 Å². The van der Waals surface area contributed by atoms with Crippen LogP contribution in [0.1, 0.15) is 30.5 Å². The smallest absolute Gasteiger partial charge is 0.267 e. The standard InChI is InChI=1S/C21H20N4O/c1-3-15-9-7-10-16(4-2)20(15)24-14-18(13-23)21(26)25-19-11-6-5-8-17(19)12-22/h5-11,14,24H,3-4H2,1-2H3,(H,25,26)/b18-14-. The number of nitrogens with one attached hydrogen (secondary N) is 2. The molecular formula is C21H20N4O. The summed E-state index contributed by atoms with van der Waals surface area (Å²) >= 11 is 0. The number of amides is 1. The lowest BCUT2D eigenvalue weighted by molar-refractivity contribution is -0.112. The van der Waals surface area contributed by atoms with Crippen LogP contribution in [0.3, 0.4) is 0 Å². The molecule has 0 heterocycles. The second kappa shape index (κ2) is 9.05. The monoisotopic (exact) mass is 344 g/mol. The SMILES string of the molecule is CCc1cccc(CC)c1N/C=C(/C#N)C(=O)Nc1ccccc1C#N. The highest BCUT2D eigenvalue weighted by Gasteiger charge is 2.12. The van der Waals surface area contributed by atoms with Crippen molar-refractivity contribution in [3.8, 4) is 12.1 Å². The number of aryl methyl sites for hydroxylation is 2. The fraction of sp³-hybridized carbons (Fsp3) is 0.190. The van der Waals surface area contributed by atoms with E-state index in [-0.39, 0.29) is 5.57 Å². The second-order valence-corrected chi connectivity index (χ2v) is 5.58. The third-order valence-electron chi connectivity index (χ3n) is 4.02. The lowest BCUT2D eigenvalue weighted by Crippen LogP contribution is -2.15. The fourth-order valence-electron chi connectivity index (χ4n) is 2.60. The molecule has 0 aliphatic heterocycles. The number of anilines is 2. The van der Waals surface area contributed by atoms with Gasteiger partial charge in [0.2, 0.25) is 0 Å². The van der Waals surface area contributed by atoms with E-state index < -0.39 is 5.91 Å². The zero-order valence-corrected chi connectivity index (χ0v) is 14.8. The molecule has 130 valence electrons. The topological polar surface area (TPSA) is 88.7 Å². The predicted molar refractivity (Wildman–Crippen MR) is 102 cm³/mol. The minimum absolute atomic E-state index is 0.0642. The van der Waals surface area contributed by atoms with Crippen LogP contribution in [0.25, 0.3) is 0 Å². The number of carbonyl (C=O) groups excluding carboxylic acids is 1. The van der Waals surface area contributed by atoms with Crippen molar-refractivity contribution in [1.82, 2.24) is 0 Å². The van der Waals surface area contributed by atoms with Crippen LogP contribution in [0.2, 0.25) is 0 Å². The van der Waals surface area contributed by atoms with Gasteiger partial charge in [-0.05, 0) is 36.1 Å². The number of benzene rings is 2. The first-order valence-electron chi connectivity index (χ1n) is 8.42. The summed E-state index contributed by atoms with van der Waals surface area (Å²) in [4.78, 5) is 12.4. The lowest BCUT2D eigenvalue weighted by Gasteiger charge is -2.13. The van der Waals surface area contributed by atoms with E-state index >= 15 is 0 Å².